The van der Waals surface area contributed by atoms with E-state index in [1.807, 2.05) is 0 Å². The summed E-state index contributed by atoms with van der Waals surface area (Å²) in [7, 11) is 2.99. The van der Waals surface area contributed by atoms with E-state index in [-0.39, 0.29) is 11.5 Å². The van der Waals surface area contributed by atoms with Gasteiger partial charge in [-0.25, -0.2) is 4.79 Å². The van der Waals surface area contributed by atoms with Gasteiger partial charge in [0.15, 0.2) is 6.10 Å². The van der Waals surface area contributed by atoms with Crippen molar-refractivity contribution in [3.05, 3.63) is 23.8 Å². The average Bonchev–Trinajstić information content (AvgIpc) is 2.60. The minimum Gasteiger partial charge on any atom is -0.497 e. The Morgan fingerprint density at radius 1 is 1.17 bits per heavy atom. The molecule has 6 heteroatoms. The van der Waals surface area contributed by atoms with E-state index in [2.05, 4.69) is 6.92 Å². The molecule has 0 saturated carbocycles. The van der Waals surface area contributed by atoms with E-state index in [1.54, 1.807) is 30.0 Å². The predicted molar refractivity (Wildman–Crippen MR) is 89.4 cm³/mol. The van der Waals surface area contributed by atoms with E-state index in [1.165, 1.54) is 14.2 Å². The van der Waals surface area contributed by atoms with Gasteiger partial charge in [0.1, 0.15) is 17.1 Å². The van der Waals surface area contributed by atoms with Crippen LogP contribution in [0.5, 0.6) is 11.5 Å². The number of amides is 1. The fourth-order valence-electron chi connectivity index (χ4n) is 2.73. The zero-order chi connectivity index (χ0) is 17.7. The van der Waals surface area contributed by atoms with Crippen molar-refractivity contribution in [1.29, 1.82) is 0 Å². The van der Waals surface area contributed by atoms with Gasteiger partial charge in [0, 0.05) is 13.1 Å². The zero-order valence-corrected chi connectivity index (χ0v) is 14.7. The third-order valence-electron chi connectivity index (χ3n) is 4.35. The molecule has 1 aliphatic heterocycles. The first-order valence-electron chi connectivity index (χ1n) is 8.18. The van der Waals surface area contributed by atoms with Crippen LogP contribution in [0.15, 0.2) is 18.2 Å². The molecule has 6 nitrogen and oxygen atoms in total. The lowest BCUT2D eigenvalue weighted by atomic mass is 9.99. The van der Waals surface area contributed by atoms with Crippen LogP contribution in [0.25, 0.3) is 0 Å². The van der Waals surface area contributed by atoms with Gasteiger partial charge in [0.2, 0.25) is 0 Å². The molecule has 0 radical (unpaired) electrons. The molecule has 1 aromatic rings. The van der Waals surface area contributed by atoms with Crippen molar-refractivity contribution in [2.45, 2.75) is 32.8 Å². The van der Waals surface area contributed by atoms with E-state index in [0.717, 1.165) is 12.8 Å². The summed E-state index contributed by atoms with van der Waals surface area (Å²) in [5.41, 5.74) is 0.240. The maximum absolute atomic E-state index is 12.4. The molecule has 0 aromatic heterocycles. The molecule has 2 rings (SSSR count). The molecular weight excluding hydrogens is 310 g/mol. The Kier molecular flexibility index (Phi) is 6.06. The fourth-order valence-corrected chi connectivity index (χ4v) is 2.73. The van der Waals surface area contributed by atoms with Crippen molar-refractivity contribution in [2.24, 2.45) is 5.92 Å². The van der Waals surface area contributed by atoms with Crippen molar-refractivity contribution in [3.63, 3.8) is 0 Å². The highest BCUT2D eigenvalue weighted by Crippen LogP contribution is 2.25. The first-order chi connectivity index (χ1) is 11.5. The number of rotatable bonds is 5. The summed E-state index contributed by atoms with van der Waals surface area (Å²) in [6, 6.07) is 4.87. The van der Waals surface area contributed by atoms with Crippen LogP contribution in [0, 0.1) is 5.92 Å². The normalized spacial score (nSPS) is 16.4. The van der Waals surface area contributed by atoms with Gasteiger partial charge >= 0.3 is 5.97 Å². The van der Waals surface area contributed by atoms with Gasteiger partial charge in [-0.1, -0.05) is 6.92 Å². The molecule has 0 spiro atoms. The van der Waals surface area contributed by atoms with Crippen molar-refractivity contribution in [3.8, 4) is 11.5 Å². The maximum Gasteiger partial charge on any atom is 0.342 e. The van der Waals surface area contributed by atoms with Crippen LogP contribution >= 0.6 is 0 Å². The number of carbonyl (C=O) groups excluding carboxylic acids is 2. The first-order valence-corrected chi connectivity index (χ1v) is 8.18. The van der Waals surface area contributed by atoms with Gasteiger partial charge in [-0.15, -0.1) is 0 Å². The molecule has 0 unspecified atom stereocenters. The number of likely N-dealkylation sites (tertiary alicyclic amines) is 1. The third kappa shape index (κ3) is 4.19. The molecular formula is C18H25NO5. The van der Waals surface area contributed by atoms with E-state index in [9.17, 15) is 9.59 Å². The second-order valence-electron chi connectivity index (χ2n) is 6.12. The largest absolute Gasteiger partial charge is 0.497 e. The number of carbonyl (C=O) groups is 2. The molecule has 1 atom stereocenters. The van der Waals surface area contributed by atoms with Gasteiger partial charge < -0.3 is 19.1 Å². The molecule has 1 saturated heterocycles. The summed E-state index contributed by atoms with van der Waals surface area (Å²) in [5, 5.41) is 0. The molecule has 1 aromatic carbocycles. The van der Waals surface area contributed by atoms with Crippen LogP contribution < -0.4 is 9.47 Å². The number of hydrogen-bond acceptors (Lipinski definition) is 5. The quantitative estimate of drug-likeness (QED) is 0.774. The minimum atomic E-state index is -0.832. The fraction of sp³-hybridized carbons (Fsp3) is 0.556. The molecule has 24 heavy (non-hydrogen) atoms. The Morgan fingerprint density at radius 3 is 2.42 bits per heavy atom. The van der Waals surface area contributed by atoms with Crippen molar-refractivity contribution in [2.75, 3.05) is 27.3 Å². The summed E-state index contributed by atoms with van der Waals surface area (Å²) in [4.78, 5) is 26.6. The third-order valence-corrected chi connectivity index (χ3v) is 4.35. The van der Waals surface area contributed by atoms with Crippen molar-refractivity contribution < 1.29 is 23.8 Å². The smallest absolute Gasteiger partial charge is 0.342 e. The van der Waals surface area contributed by atoms with Crippen LogP contribution in [0.3, 0.4) is 0 Å². The van der Waals surface area contributed by atoms with E-state index >= 15 is 0 Å². The topological polar surface area (TPSA) is 65.1 Å². The monoisotopic (exact) mass is 335 g/mol. The molecule has 1 heterocycles. The molecule has 1 fully saturated rings. The Hall–Kier alpha value is -2.24. The number of ether oxygens (including phenoxy) is 3. The SMILES string of the molecule is COc1ccc(OC)c(C(=O)O[C@@H](C)C(=O)N2CCC(C)CC2)c1. The average molecular weight is 335 g/mol. The molecule has 0 aliphatic carbocycles. The van der Waals surface area contributed by atoms with Crippen molar-refractivity contribution >= 4 is 11.9 Å². The second-order valence-corrected chi connectivity index (χ2v) is 6.12. The highest BCUT2D eigenvalue weighted by molar-refractivity contribution is 5.95. The zero-order valence-electron chi connectivity index (χ0n) is 14.7. The number of benzene rings is 1. The summed E-state index contributed by atoms with van der Waals surface area (Å²) < 4.78 is 15.7. The Balaban J connectivity index is 2.04. The molecule has 1 aliphatic rings. The van der Waals surface area contributed by atoms with E-state index in [4.69, 9.17) is 14.2 Å². The Morgan fingerprint density at radius 2 is 1.83 bits per heavy atom. The van der Waals surface area contributed by atoms with Gasteiger partial charge in [-0.2, -0.15) is 0 Å². The lowest BCUT2D eigenvalue weighted by Crippen LogP contribution is -2.44. The number of methoxy groups -OCH3 is 2. The van der Waals surface area contributed by atoms with Crippen LogP contribution in [0.1, 0.15) is 37.0 Å². The molecule has 1 amide bonds. The summed E-state index contributed by atoms with van der Waals surface area (Å²) in [5.74, 6) is 0.779. The number of piperidine rings is 1. The number of esters is 1. The van der Waals surface area contributed by atoms with Gasteiger partial charge in [-0.05, 0) is 43.9 Å². The lowest BCUT2D eigenvalue weighted by Gasteiger charge is -2.31. The standard InChI is InChI=1S/C18H25NO5/c1-12-7-9-19(10-8-12)17(20)13(2)24-18(21)15-11-14(22-3)5-6-16(15)23-4/h5-6,11-13H,7-10H2,1-4H3/t13-/m0/s1. The maximum atomic E-state index is 12.4. The van der Waals surface area contributed by atoms with Gasteiger partial charge in [0.25, 0.3) is 5.91 Å². The number of hydrogen-bond donors (Lipinski definition) is 0. The summed E-state index contributed by atoms with van der Waals surface area (Å²) in [6.07, 6.45) is 1.13. The summed E-state index contributed by atoms with van der Waals surface area (Å²) >= 11 is 0. The second kappa shape index (κ2) is 8.04. The molecule has 0 N–H and O–H groups in total. The van der Waals surface area contributed by atoms with Crippen molar-refractivity contribution in [1.82, 2.24) is 4.90 Å². The minimum absolute atomic E-state index is 0.155. The Labute approximate surface area is 142 Å². The number of nitrogens with zero attached hydrogens (tertiary/aromatic N) is 1. The highest BCUT2D eigenvalue weighted by Gasteiger charge is 2.28. The van der Waals surface area contributed by atoms with Gasteiger partial charge in [0.05, 0.1) is 14.2 Å². The highest BCUT2D eigenvalue weighted by atomic mass is 16.5. The Bertz CT molecular complexity index is 593. The van der Waals surface area contributed by atoms with Crippen LogP contribution in [0.4, 0.5) is 0 Å². The first kappa shape index (κ1) is 18.1. The molecule has 132 valence electrons. The predicted octanol–water partition coefficient (Wildman–Crippen LogP) is 2.51. The van der Waals surface area contributed by atoms with Crippen LogP contribution in [-0.4, -0.2) is 50.2 Å². The van der Waals surface area contributed by atoms with E-state index < -0.39 is 12.1 Å². The lowest BCUT2D eigenvalue weighted by molar-refractivity contribution is -0.141. The summed E-state index contributed by atoms with van der Waals surface area (Å²) in [6.45, 7) is 5.21. The van der Waals surface area contributed by atoms with E-state index in [0.29, 0.717) is 30.5 Å². The van der Waals surface area contributed by atoms with Gasteiger partial charge in [-0.3, -0.25) is 4.79 Å². The molecule has 0 bridgehead atoms. The van der Waals surface area contributed by atoms with Crippen LogP contribution in [-0.2, 0) is 9.53 Å². The van der Waals surface area contributed by atoms with Crippen LogP contribution in [0.2, 0.25) is 0 Å².